The highest BCUT2D eigenvalue weighted by Gasteiger charge is 2.06. The third-order valence-electron chi connectivity index (χ3n) is 2.26. The molecule has 0 aliphatic rings. The van der Waals surface area contributed by atoms with Crippen molar-refractivity contribution in [3.8, 4) is 5.88 Å². The van der Waals surface area contributed by atoms with Crippen LogP contribution in [0, 0.1) is 0 Å². The zero-order chi connectivity index (χ0) is 11.8. The summed E-state index contributed by atoms with van der Waals surface area (Å²) in [7, 11) is 0. The molecule has 0 aliphatic heterocycles. The quantitative estimate of drug-likeness (QED) is 0.750. The highest BCUT2D eigenvalue weighted by atomic mass is 16.5. The summed E-state index contributed by atoms with van der Waals surface area (Å²) in [6, 6.07) is 1.86. The van der Waals surface area contributed by atoms with Crippen LogP contribution in [0.5, 0.6) is 5.88 Å². The minimum Gasteiger partial charge on any atom is -0.478 e. The Morgan fingerprint density at radius 2 is 2.19 bits per heavy atom. The first-order valence-electron chi connectivity index (χ1n) is 5.71. The second kappa shape index (κ2) is 7.00. The van der Waals surface area contributed by atoms with E-state index in [-0.39, 0.29) is 0 Å². The second-order valence-electron chi connectivity index (χ2n) is 3.37. The molecule has 0 aliphatic carbocycles. The standard InChI is InChI=1S/C11H20N4O/c1-3-15(7-5-6-12)10-8-11(16-4-2)14-9-13-10/h8-9H,3-7,12H2,1-2H3. The van der Waals surface area contributed by atoms with E-state index >= 15 is 0 Å². The molecule has 0 amide bonds. The van der Waals surface area contributed by atoms with Crippen molar-refractivity contribution in [3.05, 3.63) is 12.4 Å². The Bertz CT molecular complexity index is 306. The maximum atomic E-state index is 5.50. The molecule has 0 saturated heterocycles. The zero-order valence-corrected chi connectivity index (χ0v) is 10.0. The van der Waals surface area contributed by atoms with Crippen LogP contribution in [0.3, 0.4) is 0 Å². The number of anilines is 1. The fourth-order valence-corrected chi connectivity index (χ4v) is 1.45. The molecule has 16 heavy (non-hydrogen) atoms. The van der Waals surface area contributed by atoms with E-state index < -0.39 is 0 Å². The molecule has 0 atom stereocenters. The van der Waals surface area contributed by atoms with Crippen molar-refractivity contribution in [2.24, 2.45) is 5.73 Å². The third-order valence-corrected chi connectivity index (χ3v) is 2.26. The van der Waals surface area contributed by atoms with Crippen molar-refractivity contribution in [2.45, 2.75) is 20.3 Å². The summed E-state index contributed by atoms with van der Waals surface area (Å²) in [5.41, 5.74) is 5.50. The number of hydrogen-bond donors (Lipinski definition) is 1. The smallest absolute Gasteiger partial charge is 0.218 e. The van der Waals surface area contributed by atoms with Crippen molar-refractivity contribution in [2.75, 3.05) is 31.1 Å². The molecule has 0 saturated carbocycles. The summed E-state index contributed by atoms with van der Waals surface area (Å²) in [6.07, 6.45) is 2.49. The van der Waals surface area contributed by atoms with Crippen LogP contribution in [-0.4, -0.2) is 36.2 Å². The number of hydrogen-bond acceptors (Lipinski definition) is 5. The topological polar surface area (TPSA) is 64.3 Å². The minimum atomic E-state index is 0.616. The molecule has 1 heterocycles. The van der Waals surface area contributed by atoms with Crippen LogP contribution in [0.15, 0.2) is 12.4 Å². The van der Waals surface area contributed by atoms with Gasteiger partial charge in [-0.1, -0.05) is 0 Å². The van der Waals surface area contributed by atoms with Crippen LogP contribution in [0.2, 0.25) is 0 Å². The number of aromatic nitrogens is 2. The van der Waals surface area contributed by atoms with Gasteiger partial charge in [0.05, 0.1) is 6.61 Å². The number of nitrogens with zero attached hydrogens (tertiary/aromatic N) is 3. The van der Waals surface area contributed by atoms with Gasteiger partial charge in [0.25, 0.3) is 0 Å². The van der Waals surface area contributed by atoms with E-state index in [0.717, 1.165) is 25.3 Å². The van der Waals surface area contributed by atoms with E-state index in [1.807, 2.05) is 13.0 Å². The van der Waals surface area contributed by atoms with Gasteiger partial charge in [0, 0.05) is 19.2 Å². The Kier molecular flexibility index (Phi) is 5.56. The molecule has 5 heteroatoms. The van der Waals surface area contributed by atoms with Crippen LogP contribution in [0.25, 0.3) is 0 Å². The summed E-state index contributed by atoms with van der Waals surface area (Å²) in [4.78, 5) is 10.4. The predicted octanol–water partition coefficient (Wildman–Crippen LogP) is 1.05. The van der Waals surface area contributed by atoms with Crippen LogP contribution < -0.4 is 15.4 Å². The van der Waals surface area contributed by atoms with Crippen molar-refractivity contribution < 1.29 is 4.74 Å². The molecule has 0 fully saturated rings. The summed E-state index contributed by atoms with van der Waals surface area (Å²) < 4.78 is 5.34. The highest BCUT2D eigenvalue weighted by molar-refractivity contribution is 5.40. The van der Waals surface area contributed by atoms with Gasteiger partial charge in [-0.05, 0) is 26.8 Å². The highest BCUT2D eigenvalue weighted by Crippen LogP contribution is 2.15. The molecule has 1 rings (SSSR count). The Labute approximate surface area is 96.6 Å². The van der Waals surface area contributed by atoms with Gasteiger partial charge in [0.1, 0.15) is 12.1 Å². The van der Waals surface area contributed by atoms with E-state index in [0.29, 0.717) is 19.0 Å². The SMILES string of the molecule is CCOc1cc(N(CC)CCCN)ncn1. The average molecular weight is 224 g/mol. The maximum Gasteiger partial charge on any atom is 0.218 e. The Morgan fingerprint density at radius 1 is 1.38 bits per heavy atom. The van der Waals surface area contributed by atoms with Crippen molar-refractivity contribution >= 4 is 5.82 Å². The molecule has 90 valence electrons. The molecule has 0 bridgehead atoms. The monoisotopic (exact) mass is 224 g/mol. The Morgan fingerprint density at radius 3 is 2.81 bits per heavy atom. The van der Waals surface area contributed by atoms with Gasteiger partial charge >= 0.3 is 0 Å². The first-order chi connectivity index (χ1) is 7.81. The molecule has 0 radical (unpaired) electrons. The molecule has 0 unspecified atom stereocenters. The normalized spacial score (nSPS) is 10.2. The Hall–Kier alpha value is -1.36. The molecule has 0 aromatic carbocycles. The molecular formula is C11H20N4O. The van der Waals surface area contributed by atoms with E-state index in [2.05, 4.69) is 21.8 Å². The van der Waals surface area contributed by atoms with Gasteiger partial charge in [-0.3, -0.25) is 0 Å². The molecule has 2 N–H and O–H groups in total. The Balaban J connectivity index is 2.71. The largest absolute Gasteiger partial charge is 0.478 e. The van der Waals surface area contributed by atoms with Gasteiger partial charge in [-0.15, -0.1) is 0 Å². The second-order valence-corrected chi connectivity index (χ2v) is 3.37. The number of rotatable bonds is 7. The van der Waals surface area contributed by atoms with Crippen molar-refractivity contribution in [1.29, 1.82) is 0 Å². The first kappa shape index (κ1) is 12.7. The molecular weight excluding hydrogens is 204 g/mol. The van der Waals surface area contributed by atoms with Crippen LogP contribution in [-0.2, 0) is 0 Å². The number of ether oxygens (including phenoxy) is 1. The lowest BCUT2D eigenvalue weighted by atomic mass is 10.3. The molecule has 5 nitrogen and oxygen atoms in total. The molecule has 1 aromatic rings. The minimum absolute atomic E-state index is 0.616. The van der Waals surface area contributed by atoms with Crippen molar-refractivity contribution in [3.63, 3.8) is 0 Å². The van der Waals surface area contributed by atoms with E-state index in [1.165, 1.54) is 6.33 Å². The van der Waals surface area contributed by atoms with E-state index in [4.69, 9.17) is 10.5 Å². The summed E-state index contributed by atoms with van der Waals surface area (Å²) in [5, 5.41) is 0. The van der Waals surface area contributed by atoms with Gasteiger partial charge in [0.2, 0.25) is 5.88 Å². The van der Waals surface area contributed by atoms with Gasteiger partial charge in [0.15, 0.2) is 0 Å². The van der Waals surface area contributed by atoms with Gasteiger partial charge in [-0.2, -0.15) is 0 Å². The molecule has 1 aromatic heterocycles. The lowest BCUT2D eigenvalue weighted by molar-refractivity contribution is 0.326. The lowest BCUT2D eigenvalue weighted by Gasteiger charge is -2.21. The zero-order valence-electron chi connectivity index (χ0n) is 10.0. The fourth-order valence-electron chi connectivity index (χ4n) is 1.45. The summed E-state index contributed by atoms with van der Waals surface area (Å²) in [5.74, 6) is 1.52. The predicted molar refractivity (Wildman–Crippen MR) is 64.8 cm³/mol. The maximum absolute atomic E-state index is 5.50. The van der Waals surface area contributed by atoms with Crippen LogP contribution >= 0.6 is 0 Å². The van der Waals surface area contributed by atoms with E-state index in [1.54, 1.807) is 0 Å². The van der Waals surface area contributed by atoms with E-state index in [9.17, 15) is 0 Å². The van der Waals surface area contributed by atoms with Gasteiger partial charge < -0.3 is 15.4 Å². The first-order valence-corrected chi connectivity index (χ1v) is 5.71. The van der Waals surface area contributed by atoms with Gasteiger partial charge in [-0.25, -0.2) is 9.97 Å². The fraction of sp³-hybridized carbons (Fsp3) is 0.636. The third kappa shape index (κ3) is 3.66. The number of nitrogens with two attached hydrogens (primary N) is 1. The average Bonchev–Trinajstić information content (AvgIpc) is 2.31. The lowest BCUT2D eigenvalue weighted by Crippen LogP contribution is -2.26. The summed E-state index contributed by atoms with van der Waals surface area (Å²) >= 11 is 0. The molecule has 0 spiro atoms. The van der Waals surface area contributed by atoms with Crippen LogP contribution in [0.1, 0.15) is 20.3 Å². The summed E-state index contributed by atoms with van der Waals surface area (Å²) in [6.45, 7) is 7.16. The van der Waals surface area contributed by atoms with Crippen molar-refractivity contribution in [1.82, 2.24) is 9.97 Å². The van der Waals surface area contributed by atoms with Crippen LogP contribution in [0.4, 0.5) is 5.82 Å².